The molecule has 0 heterocycles. The molecule has 0 aliphatic rings. The van der Waals surface area contributed by atoms with Crippen molar-refractivity contribution >= 4 is 33.2 Å². The van der Waals surface area contributed by atoms with Gasteiger partial charge in [0.2, 0.25) is 0 Å². The van der Waals surface area contributed by atoms with Gasteiger partial charge in [-0.05, 0) is 24.6 Å². The summed E-state index contributed by atoms with van der Waals surface area (Å²) in [5.74, 6) is 0. The van der Waals surface area contributed by atoms with Crippen molar-refractivity contribution < 1.29 is 4.74 Å². The molecular formula is C11H15BrClNO. The topological polar surface area (TPSA) is 21.3 Å². The molecule has 0 atom stereocenters. The Morgan fingerprint density at radius 2 is 2.20 bits per heavy atom. The second-order valence-electron chi connectivity index (χ2n) is 3.16. The van der Waals surface area contributed by atoms with E-state index in [-0.39, 0.29) is 0 Å². The Hall–Kier alpha value is -0.250. The van der Waals surface area contributed by atoms with E-state index >= 15 is 0 Å². The molecular weight excluding hydrogens is 277 g/mol. The number of nitrogens with one attached hydrogen (secondary N) is 1. The van der Waals surface area contributed by atoms with E-state index in [4.69, 9.17) is 16.3 Å². The number of halogens is 2. The Balaban J connectivity index is 2.33. The van der Waals surface area contributed by atoms with Crippen LogP contribution in [0.4, 0.5) is 5.69 Å². The SMILES string of the molecule is CCCOCCNc1cc(Br)ccc1Cl. The Kier molecular flexibility index (Phi) is 6.06. The summed E-state index contributed by atoms with van der Waals surface area (Å²) in [6, 6.07) is 5.74. The molecule has 84 valence electrons. The van der Waals surface area contributed by atoms with E-state index in [9.17, 15) is 0 Å². The molecule has 0 radical (unpaired) electrons. The highest BCUT2D eigenvalue weighted by Crippen LogP contribution is 2.25. The maximum absolute atomic E-state index is 6.01. The fourth-order valence-corrected chi connectivity index (χ4v) is 1.68. The number of rotatable bonds is 6. The molecule has 0 saturated heterocycles. The summed E-state index contributed by atoms with van der Waals surface area (Å²) in [6.45, 7) is 4.39. The zero-order chi connectivity index (χ0) is 11.1. The third-order valence-electron chi connectivity index (χ3n) is 1.84. The van der Waals surface area contributed by atoms with Gasteiger partial charge >= 0.3 is 0 Å². The predicted octanol–water partition coefficient (Wildman–Crippen LogP) is 3.94. The summed E-state index contributed by atoms with van der Waals surface area (Å²) in [4.78, 5) is 0. The first-order valence-corrected chi connectivity index (χ1v) is 6.17. The maximum Gasteiger partial charge on any atom is 0.0639 e. The molecule has 4 heteroatoms. The molecule has 0 spiro atoms. The quantitative estimate of drug-likeness (QED) is 0.802. The van der Waals surface area contributed by atoms with Gasteiger partial charge in [-0.25, -0.2) is 0 Å². The molecule has 15 heavy (non-hydrogen) atoms. The van der Waals surface area contributed by atoms with E-state index in [2.05, 4.69) is 28.2 Å². The van der Waals surface area contributed by atoms with Gasteiger partial charge in [0.1, 0.15) is 0 Å². The van der Waals surface area contributed by atoms with Gasteiger partial charge < -0.3 is 10.1 Å². The number of anilines is 1. The highest BCUT2D eigenvalue weighted by molar-refractivity contribution is 9.10. The zero-order valence-corrected chi connectivity index (χ0v) is 11.1. The lowest BCUT2D eigenvalue weighted by Gasteiger charge is -2.08. The molecule has 0 aliphatic heterocycles. The van der Waals surface area contributed by atoms with E-state index in [1.807, 2.05) is 18.2 Å². The summed E-state index contributed by atoms with van der Waals surface area (Å²) >= 11 is 9.41. The molecule has 1 aromatic carbocycles. The van der Waals surface area contributed by atoms with Gasteiger partial charge in [-0.15, -0.1) is 0 Å². The highest BCUT2D eigenvalue weighted by atomic mass is 79.9. The van der Waals surface area contributed by atoms with Gasteiger partial charge in [0, 0.05) is 17.6 Å². The summed E-state index contributed by atoms with van der Waals surface area (Å²) in [6.07, 6.45) is 1.05. The van der Waals surface area contributed by atoms with E-state index in [1.54, 1.807) is 0 Å². The monoisotopic (exact) mass is 291 g/mol. The lowest BCUT2D eigenvalue weighted by molar-refractivity contribution is 0.144. The number of hydrogen-bond donors (Lipinski definition) is 1. The van der Waals surface area contributed by atoms with Gasteiger partial charge in [-0.3, -0.25) is 0 Å². The van der Waals surface area contributed by atoms with Crippen molar-refractivity contribution in [3.8, 4) is 0 Å². The fourth-order valence-electron chi connectivity index (χ4n) is 1.14. The van der Waals surface area contributed by atoms with Crippen molar-refractivity contribution in [3.05, 3.63) is 27.7 Å². The van der Waals surface area contributed by atoms with Gasteiger partial charge in [-0.2, -0.15) is 0 Å². The molecule has 2 nitrogen and oxygen atoms in total. The number of hydrogen-bond acceptors (Lipinski definition) is 2. The van der Waals surface area contributed by atoms with Crippen LogP contribution in [0.3, 0.4) is 0 Å². The van der Waals surface area contributed by atoms with Crippen molar-refractivity contribution in [3.63, 3.8) is 0 Å². The van der Waals surface area contributed by atoms with Gasteiger partial charge in [0.05, 0.1) is 17.3 Å². The van der Waals surface area contributed by atoms with E-state index in [1.165, 1.54) is 0 Å². The smallest absolute Gasteiger partial charge is 0.0639 e. The largest absolute Gasteiger partial charge is 0.381 e. The third kappa shape index (κ3) is 4.87. The molecule has 1 aromatic rings. The highest BCUT2D eigenvalue weighted by Gasteiger charge is 1.99. The minimum absolute atomic E-state index is 0.705. The lowest BCUT2D eigenvalue weighted by atomic mass is 10.3. The molecule has 0 aliphatic carbocycles. The standard InChI is InChI=1S/C11H15BrClNO/c1-2-6-15-7-5-14-11-8-9(12)3-4-10(11)13/h3-4,8,14H,2,5-7H2,1H3. The fraction of sp³-hybridized carbons (Fsp3) is 0.455. The van der Waals surface area contributed by atoms with Crippen LogP contribution in [0.25, 0.3) is 0 Å². The minimum Gasteiger partial charge on any atom is -0.381 e. The van der Waals surface area contributed by atoms with E-state index in [0.717, 1.165) is 34.8 Å². The van der Waals surface area contributed by atoms with Gasteiger partial charge in [0.15, 0.2) is 0 Å². The molecule has 0 fully saturated rings. The first-order chi connectivity index (χ1) is 7.24. The molecule has 0 unspecified atom stereocenters. The van der Waals surface area contributed by atoms with Crippen LogP contribution in [-0.2, 0) is 4.74 Å². The van der Waals surface area contributed by atoms with Crippen LogP contribution in [0.15, 0.2) is 22.7 Å². The summed E-state index contributed by atoms with van der Waals surface area (Å²) in [7, 11) is 0. The molecule has 0 amide bonds. The molecule has 1 rings (SSSR count). The Morgan fingerprint density at radius 1 is 1.40 bits per heavy atom. The van der Waals surface area contributed by atoms with E-state index in [0.29, 0.717) is 6.61 Å². The van der Waals surface area contributed by atoms with Crippen LogP contribution in [0.5, 0.6) is 0 Å². The summed E-state index contributed by atoms with van der Waals surface area (Å²) < 4.78 is 6.37. The minimum atomic E-state index is 0.705. The molecule has 1 N–H and O–H groups in total. The van der Waals surface area contributed by atoms with Gasteiger partial charge in [-0.1, -0.05) is 34.5 Å². The number of benzene rings is 1. The van der Waals surface area contributed by atoms with Gasteiger partial charge in [0.25, 0.3) is 0 Å². The van der Waals surface area contributed by atoms with Crippen molar-refractivity contribution in [2.75, 3.05) is 25.1 Å². The van der Waals surface area contributed by atoms with E-state index < -0.39 is 0 Å². The summed E-state index contributed by atoms with van der Waals surface area (Å²) in [5, 5.41) is 3.96. The average molecular weight is 293 g/mol. The molecule has 0 aromatic heterocycles. The third-order valence-corrected chi connectivity index (χ3v) is 2.66. The van der Waals surface area contributed by atoms with Crippen LogP contribution < -0.4 is 5.32 Å². The van der Waals surface area contributed by atoms with Crippen molar-refractivity contribution in [2.24, 2.45) is 0 Å². The Morgan fingerprint density at radius 3 is 2.93 bits per heavy atom. The van der Waals surface area contributed by atoms with Crippen molar-refractivity contribution in [1.82, 2.24) is 0 Å². The average Bonchev–Trinajstić information content (AvgIpc) is 2.23. The second kappa shape index (κ2) is 7.09. The van der Waals surface area contributed by atoms with Crippen LogP contribution in [0.2, 0.25) is 5.02 Å². The Bertz CT molecular complexity index is 307. The normalized spacial score (nSPS) is 10.3. The zero-order valence-electron chi connectivity index (χ0n) is 8.72. The molecule has 0 saturated carbocycles. The van der Waals surface area contributed by atoms with Crippen LogP contribution in [-0.4, -0.2) is 19.8 Å². The van der Waals surface area contributed by atoms with Crippen LogP contribution in [0.1, 0.15) is 13.3 Å². The first kappa shape index (κ1) is 12.8. The maximum atomic E-state index is 6.01. The van der Waals surface area contributed by atoms with Crippen molar-refractivity contribution in [1.29, 1.82) is 0 Å². The first-order valence-electron chi connectivity index (χ1n) is 5.00. The Labute approximate surface area is 104 Å². The van der Waals surface area contributed by atoms with Crippen LogP contribution in [0, 0.1) is 0 Å². The number of ether oxygens (including phenoxy) is 1. The van der Waals surface area contributed by atoms with Crippen LogP contribution >= 0.6 is 27.5 Å². The second-order valence-corrected chi connectivity index (χ2v) is 4.49. The molecule has 0 bridgehead atoms. The summed E-state index contributed by atoms with van der Waals surface area (Å²) in [5.41, 5.74) is 0.936. The predicted molar refractivity (Wildman–Crippen MR) is 68.8 cm³/mol. The lowest BCUT2D eigenvalue weighted by Crippen LogP contribution is -2.09. The van der Waals surface area contributed by atoms with Crippen molar-refractivity contribution in [2.45, 2.75) is 13.3 Å².